The van der Waals surface area contributed by atoms with Crippen molar-refractivity contribution in [2.24, 2.45) is 0 Å². The van der Waals surface area contributed by atoms with Gasteiger partial charge >= 0.3 is 6.18 Å². The van der Waals surface area contributed by atoms with E-state index in [-0.39, 0.29) is 6.04 Å². The molecule has 2 aliphatic heterocycles. The highest BCUT2D eigenvalue weighted by Gasteiger charge is 2.35. The van der Waals surface area contributed by atoms with Gasteiger partial charge in [-0.1, -0.05) is 12.1 Å². The Bertz CT molecular complexity index is 563. The van der Waals surface area contributed by atoms with E-state index >= 15 is 0 Å². The van der Waals surface area contributed by atoms with Crippen LogP contribution in [0.25, 0.3) is 0 Å². The third-order valence-electron chi connectivity index (χ3n) is 5.40. The van der Waals surface area contributed by atoms with Crippen molar-refractivity contribution in [1.29, 1.82) is 0 Å². The van der Waals surface area contributed by atoms with Gasteiger partial charge in [-0.05, 0) is 57.0 Å². The van der Waals surface area contributed by atoms with Crippen LogP contribution in [0.5, 0.6) is 0 Å². The maximum Gasteiger partial charge on any atom is 0.416 e. The molecule has 0 radical (unpaired) electrons. The van der Waals surface area contributed by atoms with E-state index in [0.717, 1.165) is 25.6 Å². The van der Waals surface area contributed by atoms with Crippen molar-refractivity contribution in [3.63, 3.8) is 0 Å². The second-order valence-electron chi connectivity index (χ2n) is 7.09. The van der Waals surface area contributed by atoms with E-state index in [4.69, 9.17) is 0 Å². The first-order chi connectivity index (χ1) is 11.3. The third kappa shape index (κ3) is 3.92. The molecule has 3 unspecified atom stereocenters. The molecule has 0 bridgehead atoms. The van der Waals surface area contributed by atoms with Gasteiger partial charge in [0.15, 0.2) is 0 Å². The number of hydrogen-bond acceptors (Lipinski definition) is 3. The number of hydrogen-bond donors (Lipinski definition) is 1. The minimum atomic E-state index is -4.33. The van der Waals surface area contributed by atoms with Crippen LogP contribution >= 0.6 is 0 Å². The summed E-state index contributed by atoms with van der Waals surface area (Å²) in [5.41, 5.74) is 0.0398. The van der Waals surface area contributed by atoms with Gasteiger partial charge in [0.05, 0.1) is 11.7 Å². The SMILES string of the molecule is CN1CCCC1CCN1CC(O)CC1c1cccc(C(F)(F)F)c1. The Labute approximate surface area is 141 Å². The van der Waals surface area contributed by atoms with E-state index in [9.17, 15) is 18.3 Å². The van der Waals surface area contributed by atoms with Crippen LogP contribution in [-0.4, -0.2) is 53.7 Å². The van der Waals surface area contributed by atoms with Crippen molar-refractivity contribution in [2.45, 2.75) is 50.0 Å². The van der Waals surface area contributed by atoms with Crippen molar-refractivity contribution in [3.05, 3.63) is 35.4 Å². The average molecular weight is 342 g/mol. The average Bonchev–Trinajstić information content (AvgIpc) is 3.10. The molecule has 0 amide bonds. The molecule has 0 saturated carbocycles. The first kappa shape index (κ1) is 17.7. The number of halogens is 3. The fourth-order valence-corrected chi connectivity index (χ4v) is 4.05. The molecule has 2 fully saturated rings. The Hall–Kier alpha value is -1.11. The maximum absolute atomic E-state index is 13.0. The van der Waals surface area contributed by atoms with Gasteiger partial charge in [0, 0.05) is 25.2 Å². The van der Waals surface area contributed by atoms with E-state index < -0.39 is 17.8 Å². The van der Waals surface area contributed by atoms with E-state index in [1.54, 1.807) is 6.07 Å². The summed E-state index contributed by atoms with van der Waals surface area (Å²) in [7, 11) is 2.13. The van der Waals surface area contributed by atoms with Gasteiger partial charge in [-0.2, -0.15) is 13.2 Å². The van der Waals surface area contributed by atoms with Crippen LogP contribution in [-0.2, 0) is 6.18 Å². The predicted octanol–water partition coefficient (Wildman–Crippen LogP) is 3.30. The van der Waals surface area contributed by atoms with Gasteiger partial charge in [-0.3, -0.25) is 4.90 Å². The first-order valence-corrected chi connectivity index (χ1v) is 8.64. The van der Waals surface area contributed by atoms with Gasteiger partial charge in [0.25, 0.3) is 0 Å². The summed E-state index contributed by atoms with van der Waals surface area (Å²) in [5.74, 6) is 0. The zero-order valence-corrected chi connectivity index (χ0v) is 14.0. The Morgan fingerprint density at radius 2 is 2.08 bits per heavy atom. The molecule has 24 heavy (non-hydrogen) atoms. The Morgan fingerprint density at radius 3 is 2.75 bits per heavy atom. The van der Waals surface area contributed by atoms with E-state index in [2.05, 4.69) is 16.8 Å². The van der Waals surface area contributed by atoms with Crippen molar-refractivity contribution in [3.8, 4) is 0 Å². The monoisotopic (exact) mass is 342 g/mol. The zero-order chi connectivity index (χ0) is 17.3. The summed E-state index contributed by atoms with van der Waals surface area (Å²) in [5, 5.41) is 10.0. The molecule has 0 spiro atoms. The fourth-order valence-electron chi connectivity index (χ4n) is 4.05. The van der Waals surface area contributed by atoms with Gasteiger partial charge in [-0.25, -0.2) is 0 Å². The molecular weight excluding hydrogens is 317 g/mol. The normalized spacial score (nSPS) is 29.5. The molecule has 2 aliphatic rings. The second kappa shape index (κ2) is 7.02. The lowest BCUT2D eigenvalue weighted by atomic mass is 10.0. The lowest BCUT2D eigenvalue weighted by molar-refractivity contribution is -0.137. The number of nitrogens with zero attached hydrogens (tertiary/aromatic N) is 2. The van der Waals surface area contributed by atoms with Gasteiger partial charge in [-0.15, -0.1) is 0 Å². The molecule has 2 saturated heterocycles. The van der Waals surface area contributed by atoms with Crippen LogP contribution in [0.1, 0.15) is 42.9 Å². The molecule has 134 valence electrons. The number of β-amino-alcohol motifs (C(OH)–C–C–N with tert-alkyl or cyclic N) is 1. The number of benzene rings is 1. The second-order valence-corrected chi connectivity index (χ2v) is 7.09. The highest BCUT2D eigenvalue weighted by molar-refractivity contribution is 5.29. The van der Waals surface area contributed by atoms with Crippen LogP contribution in [0.3, 0.4) is 0 Å². The van der Waals surface area contributed by atoms with Crippen LogP contribution in [0.2, 0.25) is 0 Å². The summed E-state index contributed by atoms with van der Waals surface area (Å²) >= 11 is 0. The maximum atomic E-state index is 13.0. The van der Waals surface area contributed by atoms with Crippen molar-refractivity contribution in [2.75, 3.05) is 26.7 Å². The van der Waals surface area contributed by atoms with Gasteiger partial charge in [0.1, 0.15) is 0 Å². The summed E-state index contributed by atoms with van der Waals surface area (Å²) in [4.78, 5) is 4.50. The van der Waals surface area contributed by atoms with E-state index in [1.807, 2.05) is 0 Å². The van der Waals surface area contributed by atoms with Gasteiger partial charge < -0.3 is 10.0 Å². The van der Waals surface area contributed by atoms with Crippen LogP contribution in [0.4, 0.5) is 13.2 Å². The molecular formula is C18H25F3N2O. The lowest BCUT2D eigenvalue weighted by Crippen LogP contribution is -2.32. The molecule has 0 aliphatic carbocycles. The van der Waals surface area contributed by atoms with Gasteiger partial charge in [0.2, 0.25) is 0 Å². The molecule has 3 atom stereocenters. The molecule has 3 nitrogen and oxygen atoms in total. The largest absolute Gasteiger partial charge is 0.416 e. The lowest BCUT2D eigenvalue weighted by Gasteiger charge is -2.28. The minimum Gasteiger partial charge on any atom is -0.392 e. The van der Waals surface area contributed by atoms with E-state index in [1.165, 1.54) is 25.0 Å². The zero-order valence-electron chi connectivity index (χ0n) is 14.0. The molecule has 1 aromatic rings. The smallest absolute Gasteiger partial charge is 0.392 e. The number of likely N-dealkylation sites (tertiary alicyclic amines) is 2. The Morgan fingerprint density at radius 1 is 1.29 bits per heavy atom. The molecule has 2 heterocycles. The number of aliphatic hydroxyl groups excluding tert-OH is 1. The standard InChI is InChI=1S/C18H25F3N2O/c1-22-8-3-6-15(22)7-9-23-12-16(24)11-17(23)13-4-2-5-14(10-13)18(19,20)21/h2,4-5,10,15-17,24H,3,6-9,11-12H2,1H3. The number of rotatable bonds is 4. The summed E-state index contributed by atoms with van der Waals surface area (Å²) < 4.78 is 38.9. The summed E-state index contributed by atoms with van der Waals surface area (Å²) in [6.45, 7) is 2.47. The van der Waals surface area contributed by atoms with E-state index in [0.29, 0.717) is 24.6 Å². The fraction of sp³-hybridized carbons (Fsp3) is 0.667. The number of alkyl halides is 3. The topological polar surface area (TPSA) is 26.7 Å². The highest BCUT2D eigenvalue weighted by Crippen LogP contribution is 2.36. The third-order valence-corrected chi connectivity index (χ3v) is 5.40. The van der Waals surface area contributed by atoms with Crippen LogP contribution in [0, 0.1) is 0 Å². The first-order valence-electron chi connectivity index (χ1n) is 8.64. The molecule has 1 N–H and O–H groups in total. The highest BCUT2D eigenvalue weighted by atomic mass is 19.4. The van der Waals surface area contributed by atoms with Crippen molar-refractivity contribution in [1.82, 2.24) is 9.80 Å². The molecule has 6 heteroatoms. The Balaban J connectivity index is 1.71. The Kier molecular flexibility index (Phi) is 5.18. The minimum absolute atomic E-state index is 0.131. The summed E-state index contributed by atoms with van der Waals surface area (Å²) in [6, 6.07) is 5.96. The number of aliphatic hydroxyl groups is 1. The predicted molar refractivity (Wildman–Crippen MR) is 86.7 cm³/mol. The van der Waals surface area contributed by atoms with Crippen molar-refractivity contribution >= 4 is 0 Å². The van der Waals surface area contributed by atoms with Crippen LogP contribution in [0.15, 0.2) is 24.3 Å². The quantitative estimate of drug-likeness (QED) is 0.910. The van der Waals surface area contributed by atoms with Crippen LogP contribution < -0.4 is 0 Å². The molecule has 0 aromatic heterocycles. The molecule has 1 aromatic carbocycles. The molecule has 3 rings (SSSR count). The summed E-state index contributed by atoms with van der Waals surface area (Å²) in [6.07, 6.45) is -0.904. The van der Waals surface area contributed by atoms with Crippen molar-refractivity contribution < 1.29 is 18.3 Å².